The van der Waals surface area contributed by atoms with Gasteiger partial charge in [0.05, 0.1) is 5.75 Å². The van der Waals surface area contributed by atoms with E-state index in [1.807, 2.05) is 0 Å². The van der Waals surface area contributed by atoms with E-state index in [4.69, 9.17) is 5.73 Å². The summed E-state index contributed by atoms with van der Waals surface area (Å²) in [5.41, 5.74) is 5.89. The Morgan fingerprint density at radius 3 is 2.65 bits per heavy atom. The van der Waals surface area contributed by atoms with Crippen molar-refractivity contribution in [3.63, 3.8) is 0 Å². The fourth-order valence-electron chi connectivity index (χ4n) is 1.43. The quantitative estimate of drug-likeness (QED) is 0.913. The van der Waals surface area contributed by atoms with Crippen LogP contribution in [-0.2, 0) is 9.84 Å². The second-order valence-electron chi connectivity index (χ2n) is 3.13. The highest BCUT2D eigenvalue weighted by atomic mass is 35.5. The first-order valence-corrected chi connectivity index (χ1v) is 6.15. The number of halogens is 2. The molecule has 0 aliphatic heterocycles. The molecule has 0 unspecified atom stereocenters. The topological polar surface area (TPSA) is 77.5 Å². The number of pyridine rings is 1. The molecule has 0 radical (unpaired) electrons. The van der Waals surface area contributed by atoms with Crippen molar-refractivity contribution < 1.29 is 8.42 Å². The van der Waals surface area contributed by atoms with Gasteiger partial charge in [-0.15, -0.1) is 24.8 Å². The first-order valence-electron chi connectivity index (χ1n) is 4.50. The SMILES string of the molecule is Cl.Cl.NCCS(=O)(=O)c1cccc2nccn12. The molecule has 0 aliphatic carbocycles. The number of hydrogen-bond acceptors (Lipinski definition) is 4. The molecule has 0 fully saturated rings. The normalized spacial score (nSPS) is 10.6. The number of nitrogens with two attached hydrogens (primary N) is 1. The molecule has 2 aromatic rings. The number of rotatable bonds is 3. The molecule has 17 heavy (non-hydrogen) atoms. The summed E-state index contributed by atoms with van der Waals surface area (Å²) in [6.45, 7) is 0.118. The fraction of sp³-hybridized carbons (Fsp3) is 0.222. The number of fused-ring (bicyclic) bond motifs is 1. The van der Waals surface area contributed by atoms with Crippen LogP contribution < -0.4 is 5.73 Å². The lowest BCUT2D eigenvalue weighted by atomic mass is 10.5. The standard InChI is InChI=1S/C9H11N3O2S.2ClH/c10-4-7-15(13,14)9-3-1-2-8-11-5-6-12(8)9;;/h1-3,5-6H,4,7,10H2;2*1H. The first kappa shape index (κ1) is 16.2. The molecule has 2 heterocycles. The zero-order chi connectivity index (χ0) is 10.9. The molecule has 0 bridgehead atoms. The van der Waals surface area contributed by atoms with Crippen LogP contribution in [0, 0.1) is 0 Å². The van der Waals surface area contributed by atoms with Crippen molar-refractivity contribution in [2.45, 2.75) is 5.03 Å². The lowest BCUT2D eigenvalue weighted by Crippen LogP contribution is -2.17. The molecule has 0 aliphatic rings. The maximum absolute atomic E-state index is 11.8. The summed E-state index contributed by atoms with van der Waals surface area (Å²) >= 11 is 0. The molecular weight excluding hydrogens is 285 g/mol. The van der Waals surface area contributed by atoms with Crippen LogP contribution >= 0.6 is 24.8 Å². The smallest absolute Gasteiger partial charge is 0.195 e. The van der Waals surface area contributed by atoms with Gasteiger partial charge < -0.3 is 5.73 Å². The second-order valence-corrected chi connectivity index (χ2v) is 5.18. The van der Waals surface area contributed by atoms with E-state index in [-0.39, 0.29) is 42.1 Å². The van der Waals surface area contributed by atoms with Gasteiger partial charge in [0.2, 0.25) is 0 Å². The molecule has 0 saturated carbocycles. The molecule has 96 valence electrons. The van der Waals surface area contributed by atoms with Gasteiger partial charge in [-0.3, -0.25) is 4.40 Å². The molecule has 0 spiro atoms. The summed E-state index contributed by atoms with van der Waals surface area (Å²) in [6, 6.07) is 4.98. The third-order valence-corrected chi connectivity index (χ3v) is 3.84. The van der Waals surface area contributed by atoms with Crippen molar-refractivity contribution in [2.24, 2.45) is 5.73 Å². The lowest BCUT2D eigenvalue weighted by Gasteiger charge is -2.05. The van der Waals surface area contributed by atoms with Crippen molar-refractivity contribution in [3.8, 4) is 0 Å². The van der Waals surface area contributed by atoms with Gasteiger partial charge in [0.15, 0.2) is 9.84 Å². The lowest BCUT2D eigenvalue weighted by molar-refractivity contribution is 0.590. The summed E-state index contributed by atoms with van der Waals surface area (Å²) in [7, 11) is -3.31. The maximum atomic E-state index is 11.8. The molecule has 0 aromatic carbocycles. The van der Waals surface area contributed by atoms with Crippen LogP contribution in [0.1, 0.15) is 0 Å². The Morgan fingerprint density at radius 1 is 1.29 bits per heavy atom. The summed E-state index contributed by atoms with van der Waals surface area (Å²) < 4.78 is 25.2. The highest BCUT2D eigenvalue weighted by Gasteiger charge is 2.16. The Hall–Kier alpha value is -0.820. The average molecular weight is 298 g/mol. The number of aromatic nitrogens is 2. The van der Waals surface area contributed by atoms with E-state index >= 15 is 0 Å². The van der Waals surface area contributed by atoms with Crippen LogP contribution in [0.25, 0.3) is 5.65 Å². The van der Waals surface area contributed by atoms with E-state index in [0.29, 0.717) is 5.65 Å². The predicted molar refractivity (Wildman–Crippen MR) is 70.8 cm³/mol. The van der Waals surface area contributed by atoms with E-state index in [0.717, 1.165) is 0 Å². The van der Waals surface area contributed by atoms with Crippen molar-refractivity contribution in [1.29, 1.82) is 0 Å². The van der Waals surface area contributed by atoms with Gasteiger partial charge in [0.25, 0.3) is 0 Å². The summed E-state index contributed by atoms with van der Waals surface area (Å²) in [4.78, 5) is 4.02. The van der Waals surface area contributed by atoms with Crippen LogP contribution in [0.3, 0.4) is 0 Å². The van der Waals surface area contributed by atoms with Gasteiger partial charge in [-0.25, -0.2) is 13.4 Å². The monoisotopic (exact) mass is 297 g/mol. The van der Waals surface area contributed by atoms with Crippen LogP contribution in [0.15, 0.2) is 35.6 Å². The summed E-state index contributed by atoms with van der Waals surface area (Å²) in [5.74, 6) is -0.0513. The first-order chi connectivity index (χ1) is 7.15. The van der Waals surface area contributed by atoms with Crippen molar-refractivity contribution in [1.82, 2.24) is 9.38 Å². The largest absolute Gasteiger partial charge is 0.329 e. The minimum absolute atomic E-state index is 0. The third kappa shape index (κ3) is 3.10. The number of hydrogen-bond donors (Lipinski definition) is 1. The van der Waals surface area contributed by atoms with Gasteiger partial charge in [-0.2, -0.15) is 0 Å². The Kier molecular flexibility index (Phi) is 5.91. The van der Waals surface area contributed by atoms with Gasteiger partial charge >= 0.3 is 0 Å². The molecule has 2 aromatic heterocycles. The van der Waals surface area contributed by atoms with Crippen molar-refractivity contribution in [2.75, 3.05) is 12.3 Å². The third-order valence-electron chi connectivity index (χ3n) is 2.10. The van der Waals surface area contributed by atoms with E-state index < -0.39 is 9.84 Å². The molecule has 8 heteroatoms. The van der Waals surface area contributed by atoms with Crippen molar-refractivity contribution in [3.05, 3.63) is 30.6 Å². The van der Waals surface area contributed by atoms with E-state index in [1.54, 1.807) is 35.0 Å². The zero-order valence-electron chi connectivity index (χ0n) is 8.81. The zero-order valence-corrected chi connectivity index (χ0v) is 11.3. The Morgan fingerprint density at radius 2 is 2.00 bits per heavy atom. The number of imidazole rings is 1. The summed E-state index contributed by atoms with van der Waals surface area (Å²) in [5, 5.41) is 0.239. The van der Waals surface area contributed by atoms with Crippen LogP contribution in [-0.4, -0.2) is 30.1 Å². The predicted octanol–water partition coefficient (Wildman–Crippen LogP) is 0.910. The number of sulfone groups is 1. The summed E-state index contributed by atoms with van der Waals surface area (Å²) in [6.07, 6.45) is 3.19. The number of nitrogens with zero attached hydrogens (tertiary/aromatic N) is 2. The van der Waals surface area contributed by atoms with Crippen LogP contribution in [0.5, 0.6) is 0 Å². The highest BCUT2D eigenvalue weighted by molar-refractivity contribution is 7.91. The van der Waals surface area contributed by atoms with Crippen molar-refractivity contribution >= 4 is 40.3 Å². The Bertz CT molecular complexity index is 583. The molecule has 0 atom stereocenters. The van der Waals surface area contributed by atoms with Gasteiger partial charge in [0, 0.05) is 18.9 Å². The van der Waals surface area contributed by atoms with E-state index in [2.05, 4.69) is 4.98 Å². The molecule has 0 amide bonds. The molecule has 0 saturated heterocycles. The second kappa shape index (κ2) is 6.20. The molecule has 2 N–H and O–H groups in total. The minimum Gasteiger partial charge on any atom is -0.329 e. The molecular formula is C9H13Cl2N3O2S. The minimum atomic E-state index is -3.31. The highest BCUT2D eigenvalue weighted by Crippen LogP contribution is 2.12. The maximum Gasteiger partial charge on any atom is 0.195 e. The van der Waals surface area contributed by atoms with E-state index in [1.165, 1.54) is 0 Å². The average Bonchev–Trinajstić information content (AvgIpc) is 2.64. The van der Waals surface area contributed by atoms with Gasteiger partial charge in [-0.1, -0.05) is 6.07 Å². The van der Waals surface area contributed by atoms with E-state index in [9.17, 15) is 8.42 Å². The van der Waals surface area contributed by atoms with Gasteiger partial charge in [-0.05, 0) is 12.1 Å². The van der Waals surface area contributed by atoms with Crippen LogP contribution in [0.2, 0.25) is 0 Å². The molecule has 5 nitrogen and oxygen atoms in total. The van der Waals surface area contributed by atoms with Crippen LogP contribution in [0.4, 0.5) is 0 Å². The Balaban J connectivity index is 0.00000128. The fourth-order valence-corrected chi connectivity index (χ4v) is 2.69. The van der Waals surface area contributed by atoms with Gasteiger partial charge in [0.1, 0.15) is 10.7 Å². The Labute approximate surface area is 112 Å². The molecule has 2 rings (SSSR count).